The molecule has 0 N–H and O–H groups in total. The number of carbonyl (C=O) groups excluding carboxylic acids is 2. The second-order valence-electron chi connectivity index (χ2n) is 6.86. The topological polar surface area (TPSA) is 46.6 Å². The number of ether oxygens (including phenoxy) is 1. The van der Waals surface area contributed by atoms with E-state index in [0.29, 0.717) is 12.3 Å². The molecule has 0 radical (unpaired) electrons. The molecule has 0 unspecified atom stereocenters. The summed E-state index contributed by atoms with van der Waals surface area (Å²) >= 11 is 0. The van der Waals surface area contributed by atoms with Crippen molar-refractivity contribution < 1.29 is 14.3 Å². The first-order valence-corrected chi connectivity index (χ1v) is 7.89. The van der Waals surface area contributed by atoms with Crippen LogP contribution in [0.3, 0.4) is 0 Å². The highest BCUT2D eigenvalue weighted by molar-refractivity contribution is 5.68. The van der Waals surface area contributed by atoms with E-state index in [4.69, 9.17) is 4.74 Å². The van der Waals surface area contributed by atoms with Crippen molar-refractivity contribution >= 4 is 12.4 Å². The van der Waals surface area contributed by atoms with E-state index >= 15 is 0 Å². The van der Waals surface area contributed by atoms with Crippen molar-refractivity contribution in [3.05, 3.63) is 35.4 Å². The van der Waals surface area contributed by atoms with Crippen LogP contribution in [0.1, 0.15) is 50.7 Å². The molecule has 1 saturated heterocycles. The summed E-state index contributed by atoms with van der Waals surface area (Å²) in [6, 6.07) is 8.21. The Morgan fingerprint density at radius 1 is 1.32 bits per heavy atom. The molecule has 1 aliphatic heterocycles. The maximum absolute atomic E-state index is 12.1. The fourth-order valence-corrected chi connectivity index (χ4v) is 2.79. The SMILES string of the molecule is CC(C)(C)OC(=O)N1CCC(c2cccc(CC=O)c2)CC1. The summed E-state index contributed by atoms with van der Waals surface area (Å²) in [6.07, 6.45) is 3.04. The van der Waals surface area contributed by atoms with Crippen molar-refractivity contribution in [3.8, 4) is 0 Å². The Balaban J connectivity index is 1.93. The predicted molar refractivity (Wildman–Crippen MR) is 86.0 cm³/mol. The molecule has 0 aromatic heterocycles. The third-order valence-corrected chi connectivity index (χ3v) is 3.89. The van der Waals surface area contributed by atoms with Crippen LogP contribution in [0.5, 0.6) is 0 Å². The van der Waals surface area contributed by atoms with Gasteiger partial charge in [0.1, 0.15) is 11.9 Å². The van der Waals surface area contributed by atoms with Gasteiger partial charge in [-0.3, -0.25) is 0 Å². The normalized spacial score (nSPS) is 16.4. The number of nitrogens with zero attached hydrogens (tertiary/aromatic N) is 1. The average molecular weight is 303 g/mol. The monoisotopic (exact) mass is 303 g/mol. The van der Waals surface area contributed by atoms with Gasteiger partial charge in [0.2, 0.25) is 0 Å². The van der Waals surface area contributed by atoms with Crippen LogP contribution in [-0.2, 0) is 16.0 Å². The van der Waals surface area contributed by atoms with E-state index in [9.17, 15) is 9.59 Å². The molecule has 1 fully saturated rings. The number of carbonyl (C=O) groups is 2. The fourth-order valence-electron chi connectivity index (χ4n) is 2.79. The molecule has 4 heteroatoms. The molecular weight excluding hydrogens is 278 g/mol. The molecule has 1 aromatic rings. The maximum atomic E-state index is 12.1. The molecule has 22 heavy (non-hydrogen) atoms. The van der Waals surface area contributed by atoms with E-state index in [0.717, 1.165) is 37.8 Å². The van der Waals surface area contributed by atoms with Crippen LogP contribution in [0.15, 0.2) is 24.3 Å². The molecule has 0 bridgehead atoms. The first-order chi connectivity index (χ1) is 10.4. The number of hydrogen-bond acceptors (Lipinski definition) is 3. The summed E-state index contributed by atoms with van der Waals surface area (Å²) in [6.45, 7) is 7.09. The third kappa shape index (κ3) is 4.58. The summed E-state index contributed by atoms with van der Waals surface area (Å²) in [5.41, 5.74) is 1.88. The number of likely N-dealkylation sites (tertiary alicyclic amines) is 1. The van der Waals surface area contributed by atoms with Crippen molar-refractivity contribution in [1.29, 1.82) is 0 Å². The second kappa shape index (κ2) is 6.95. The Morgan fingerprint density at radius 3 is 2.59 bits per heavy atom. The molecular formula is C18H25NO3. The quantitative estimate of drug-likeness (QED) is 0.802. The van der Waals surface area contributed by atoms with Crippen LogP contribution >= 0.6 is 0 Å². The highest BCUT2D eigenvalue weighted by atomic mass is 16.6. The molecule has 2 rings (SSSR count). The maximum Gasteiger partial charge on any atom is 0.410 e. The van der Waals surface area contributed by atoms with Crippen LogP contribution in [0.2, 0.25) is 0 Å². The van der Waals surface area contributed by atoms with Crippen LogP contribution in [0.4, 0.5) is 4.79 Å². The minimum atomic E-state index is -0.447. The highest BCUT2D eigenvalue weighted by Crippen LogP contribution is 2.29. The molecule has 1 aliphatic rings. The van der Waals surface area contributed by atoms with Gasteiger partial charge in [0.25, 0.3) is 0 Å². The van der Waals surface area contributed by atoms with E-state index < -0.39 is 5.60 Å². The number of benzene rings is 1. The van der Waals surface area contributed by atoms with Crippen molar-refractivity contribution in [3.63, 3.8) is 0 Å². The zero-order chi connectivity index (χ0) is 16.2. The lowest BCUT2D eigenvalue weighted by Gasteiger charge is -2.33. The summed E-state index contributed by atoms with van der Waals surface area (Å²) in [5.74, 6) is 0.449. The summed E-state index contributed by atoms with van der Waals surface area (Å²) in [5, 5.41) is 0. The van der Waals surface area contributed by atoms with Gasteiger partial charge in [-0.1, -0.05) is 24.3 Å². The summed E-state index contributed by atoms with van der Waals surface area (Å²) in [4.78, 5) is 24.5. The predicted octanol–water partition coefficient (Wildman–Crippen LogP) is 3.54. The number of aldehydes is 1. The molecule has 1 amide bonds. The zero-order valence-electron chi connectivity index (χ0n) is 13.7. The zero-order valence-corrected chi connectivity index (χ0v) is 13.7. The van der Waals surface area contributed by atoms with Crippen molar-refractivity contribution in [2.45, 2.75) is 51.6 Å². The Morgan fingerprint density at radius 2 is 2.00 bits per heavy atom. The third-order valence-electron chi connectivity index (χ3n) is 3.89. The van der Waals surface area contributed by atoms with E-state index in [1.165, 1.54) is 5.56 Å². The van der Waals surface area contributed by atoms with Gasteiger partial charge in [0, 0.05) is 19.5 Å². The smallest absolute Gasteiger partial charge is 0.410 e. The van der Waals surface area contributed by atoms with Gasteiger partial charge in [-0.25, -0.2) is 4.79 Å². The van der Waals surface area contributed by atoms with E-state index in [1.807, 2.05) is 32.9 Å². The number of hydrogen-bond donors (Lipinski definition) is 0. The van der Waals surface area contributed by atoms with Gasteiger partial charge in [0.15, 0.2) is 0 Å². The summed E-state index contributed by atoms with van der Waals surface area (Å²) < 4.78 is 5.42. The molecule has 0 spiro atoms. The largest absolute Gasteiger partial charge is 0.444 e. The van der Waals surface area contributed by atoms with Crippen LogP contribution < -0.4 is 0 Å². The van der Waals surface area contributed by atoms with Gasteiger partial charge in [-0.05, 0) is 50.7 Å². The standard InChI is InChI=1S/C18H25NO3/c1-18(2,3)22-17(21)19-10-7-15(8-11-19)16-6-4-5-14(13-16)9-12-20/h4-6,12-13,15H,7-11H2,1-3H3. The molecule has 0 saturated carbocycles. The Kier molecular flexibility index (Phi) is 5.22. The highest BCUT2D eigenvalue weighted by Gasteiger charge is 2.27. The van der Waals surface area contributed by atoms with E-state index in [2.05, 4.69) is 12.1 Å². The Labute approximate surface area is 132 Å². The van der Waals surface area contributed by atoms with Crippen molar-refractivity contribution in [2.24, 2.45) is 0 Å². The summed E-state index contributed by atoms with van der Waals surface area (Å²) in [7, 11) is 0. The van der Waals surface area contributed by atoms with Gasteiger partial charge in [-0.2, -0.15) is 0 Å². The van der Waals surface area contributed by atoms with Crippen molar-refractivity contribution in [1.82, 2.24) is 4.90 Å². The van der Waals surface area contributed by atoms with Crippen LogP contribution in [0, 0.1) is 0 Å². The molecule has 0 atom stereocenters. The molecule has 120 valence electrons. The Hall–Kier alpha value is -1.84. The lowest BCUT2D eigenvalue weighted by atomic mass is 9.88. The molecule has 1 aromatic carbocycles. The minimum Gasteiger partial charge on any atom is -0.444 e. The average Bonchev–Trinajstić information content (AvgIpc) is 2.46. The van der Waals surface area contributed by atoms with Crippen LogP contribution in [-0.4, -0.2) is 36.0 Å². The number of piperidine rings is 1. The first-order valence-electron chi connectivity index (χ1n) is 7.89. The molecule has 0 aliphatic carbocycles. The van der Waals surface area contributed by atoms with Gasteiger partial charge in [0.05, 0.1) is 0 Å². The molecule has 4 nitrogen and oxygen atoms in total. The van der Waals surface area contributed by atoms with Gasteiger partial charge >= 0.3 is 6.09 Å². The first kappa shape index (κ1) is 16.5. The number of amides is 1. The Bertz CT molecular complexity index is 525. The van der Waals surface area contributed by atoms with E-state index in [-0.39, 0.29) is 6.09 Å². The number of rotatable bonds is 3. The van der Waals surface area contributed by atoms with Crippen molar-refractivity contribution in [2.75, 3.05) is 13.1 Å². The van der Waals surface area contributed by atoms with Gasteiger partial charge < -0.3 is 14.4 Å². The second-order valence-corrected chi connectivity index (χ2v) is 6.86. The fraction of sp³-hybridized carbons (Fsp3) is 0.556. The van der Waals surface area contributed by atoms with E-state index in [1.54, 1.807) is 4.90 Å². The van der Waals surface area contributed by atoms with Crippen LogP contribution in [0.25, 0.3) is 0 Å². The minimum absolute atomic E-state index is 0.222. The lowest BCUT2D eigenvalue weighted by molar-refractivity contribution is -0.107. The lowest BCUT2D eigenvalue weighted by Crippen LogP contribution is -2.41. The van der Waals surface area contributed by atoms with Gasteiger partial charge in [-0.15, -0.1) is 0 Å². The molecule has 1 heterocycles.